The standard InChI is InChI=1S/C28H30N2O6/c1-18(2)25-22(16-20-9-4-3-5-10-20)29-28(36)30(26(25)33)15-7-6-8-19-11-13-21(14-12-19)23(31)17-24(32)27(34)35/h3-5,9-14,17-18,31H,6-8,15-16H2,1-2H3,(H,29,36)(H,34,35). The number of carbonyl (C=O) groups is 2. The number of carbonyl (C=O) groups excluding carboxylic acids is 1. The van der Waals surface area contributed by atoms with E-state index in [-0.39, 0.29) is 11.5 Å². The molecule has 0 amide bonds. The molecule has 0 spiro atoms. The van der Waals surface area contributed by atoms with Gasteiger partial charge in [-0.2, -0.15) is 0 Å². The Morgan fingerprint density at radius 1 is 0.944 bits per heavy atom. The van der Waals surface area contributed by atoms with Crippen molar-refractivity contribution in [2.24, 2.45) is 0 Å². The molecular weight excluding hydrogens is 460 g/mol. The summed E-state index contributed by atoms with van der Waals surface area (Å²) >= 11 is 0. The number of ketones is 1. The highest BCUT2D eigenvalue weighted by Gasteiger charge is 2.17. The van der Waals surface area contributed by atoms with E-state index in [9.17, 15) is 24.3 Å². The molecule has 0 aliphatic heterocycles. The molecule has 3 rings (SSSR count). The lowest BCUT2D eigenvalue weighted by atomic mass is 9.98. The van der Waals surface area contributed by atoms with E-state index >= 15 is 0 Å². The van der Waals surface area contributed by atoms with Gasteiger partial charge in [0.15, 0.2) is 0 Å². The molecular formula is C28H30N2O6. The average molecular weight is 491 g/mol. The lowest BCUT2D eigenvalue weighted by Gasteiger charge is -2.15. The van der Waals surface area contributed by atoms with Crippen LogP contribution in [0, 0.1) is 0 Å². The van der Waals surface area contributed by atoms with Crippen molar-refractivity contribution in [3.8, 4) is 0 Å². The predicted octanol–water partition coefficient (Wildman–Crippen LogP) is 3.83. The van der Waals surface area contributed by atoms with E-state index in [2.05, 4.69) is 4.98 Å². The number of aliphatic hydroxyl groups is 1. The van der Waals surface area contributed by atoms with Crippen LogP contribution in [0.4, 0.5) is 0 Å². The molecule has 0 bridgehead atoms. The number of nitrogens with zero attached hydrogens (tertiary/aromatic N) is 1. The maximum absolute atomic E-state index is 13.2. The fourth-order valence-electron chi connectivity index (χ4n) is 4.08. The molecule has 0 unspecified atom stereocenters. The van der Waals surface area contributed by atoms with Gasteiger partial charge in [-0.3, -0.25) is 14.2 Å². The number of carboxylic acids is 1. The first-order valence-corrected chi connectivity index (χ1v) is 11.8. The number of aliphatic hydroxyl groups excluding tert-OH is 1. The topological polar surface area (TPSA) is 129 Å². The zero-order valence-corrected chi connectivity index (χ0v) is 20.4. The van der Waals surface area contributed by atoms with E-state index in [4.69, 9.17) is 5.11 Å². The van der Waals surface area contributed by atoms with Crippen molar-refractivity contribution in [2.45, 2.75) is 52.0 Å². The van der Waals surface area contributed by atoms with Gasteiger partial charge in [-0.25, -0.2) is 9.59 Å². The number of aromatic amines is 1. The number of H-pyrrole nitrogens is 1. The first-order chi connectivity index (χ1) is 17.2. The number of carboxylic acid groups (broad SMARTS) is 1. The molecule has 3 N–H and O–H groups in total. The largest absolute Gasteiger partial charge is 0.507 e. The SMILES string of the molecule is CC(C)c1c(Cc2ccccc2)[nH]c(=O)n(CCCCc2ccc(C(O)=CC(=O)C(=O)O)cc2)c1=O. The summed E-state index contributed by atoms with van der Waals surface area (Å²) in [5.41, 5.74) is 2.96. The van der Waals surface area contributed by atoms with Crippen molar-refractivity contribution in [3.63, 3.8) is 0 Å². The van der Waals surface area contributed by atoms with E-state index < -0.39 is 23.2 Å². The monoisotopic (exact) mass is 490 g/mol. The molecule has 0 atom stereocenters. The van der Waals surface area contributed by atoms with E-state index in [0.717, 1.165) is 17.5 Å². The van der Waals surface area contributed by atoms with Crippen molar-refractivity contribution in [3.05, 3.63) is 109 Å². The minimum atomic E-state index is -1.64. The van der Waals surface area contributed by atoms with Crippen LogP contribution in [0.2, 0.25) is 0 Å². The average Bonchev–Trinajstić information content (AvgIpc) is 2.84. The van der Waals surface area contributed by atoms with Crippen LogP contribution < -0.4 is 11.2 Å². The van der Waals surface area contributed by atoms with Crippen molar-refractivity contribution in [1.82, 2.24) is 9.55 Å². The number of aromatic nitrogens is 2. The summed E-state index contributed by atoms with van der Waals surface area (Å²) < 4.78 is 1.27. The molecule has 0 saturated heterocycles. The molecule has 0 saturated carbocycles. The van der Waals surface area contributed by atoms with Crippen LogP contribution in [-0.2, 0) is 29.0 Å². The van der Waals surface area contributed by atoms with Gasteiger partial charge >= 0.3 is 11.7 Å². The molecule has 0 aliphatic carbocycles. The van der Waals surface area contributed by atoms with Crippen LogP contribution in [0.25, 0.3) is 5.76 Å². The molecule has 2 aromatic carbocycles. The molecule has 8 nitrogen and oxygen atoms in total. The van der Waals surface area contributed by atoms with Crippen LogP contribution in [0.5, 0.6) is 0 Å². The Hall–Kier alpha value is -4.20. The lowest BCUT2D eigenvalue weighted by molar-refractivity contribution is -0.146. The highest BCUT2D eigenvalue weighted by atomic mass is 16.4. The predicted molar refractivity (Wildman–Crippen MR) is 137 cm³/mol. The number of unbranched alkanes of at least 4 members (excludes halogenated alkanes) is 1. The highest BCUT2D eigenvalue weighted by Crippen LogP contribution is 2.17. The number of benzene rings is 2. The summed E-state index contributed by atoms with van der Waals surface area (Å²) in [5.74, 6) is -3.28. The van der Waals surface area contributed by atoms with Gasteiger partial charge in [0.2, 0.25) is 0 Å². The van der Waals surface area contributed by atoms with E-state index in [1.165, 1.54) is 4.57 Å². The Bertz CT molecular complexity index is 1370. The van der Waals surface area contributed by atoms with Crippen molar-refractivity contribution >= 4 is 17.5 Å². The second-order valence-electron chi connectivity index (χ2n) is 8.95. The number of aryl methyl sites for hydroxylation is 1. The van der Waals surface area contributed by atoms with Gasteiger partial charge in [-0.15, -0.1) is 0 Å². The molecule has 1 heterocycles. The summed E-state index contributed by atoms with van der Waals surface area (Å²) in [6, 6.07) is 16.5. The fourth-order valence-corrected chi connectivity index (χ4v) is 4.08. The zero-order valence-electron chi connectivity index (χ0n) is 20.4. The maximum atomic E-state index is 13.2. The number of hydrogen-bond donors (Lipinski definition) is 3. The smallest absolute Gasteiger partial charge is 0.376 e. The quantitative estimate of drug-likeness (QED) is 0.162. The molecule has 0 radical (unpaired) electrons. The van der Waals surface area contributed by atoms with Gasteiger partial charge in [0.1, 0.15) is 5.76 Å². The van der Waals surface area contributed by atoms with Crippen LogP contribution >= 0.6 is 0 Å². The molecule has 0 aliphatic rings. The summed E-state index contributed by atoms with van der Waals surface area (Å²) in [7, 11) is 0. The first kappa shape index (κ1) is 26.4. The van der Waals surface area contributed by atoms with E-state index in [1.54, 1.807) is 24.3 Å². The summed E-state index contributed by atoms with van der Waals surface area (Å²) in [6.45, 7) is 4.20. The first-order valence-electron chi connectivity index (χ1n) is 11.8. The van der Waals surface area contributed by atoms with Crippen molar-refractivity contribution in [1.29, 1.82) is 0 Å². The van der Waals surface area contributed by atoms with Gasteiger partial charge in [0.05, 0.1) is 0 Å². The van der Waals surface area contributed by atoms with Gasteiger partial charge in [0.25, 0.3) is 11.3 Å². The van der Waals surface area contributed by atoms with Gasteiger partial charge in [0, 0.05) is 35.9 Å². The molecule has 3 aromatic rings. The zero-order chi connectivity index (χ0) is 26.2. The number of rotatable bonds is 11. The number of hydrogen-bond acceptors (Lipinski definition) is 5. The van der Waals surface area contributed by atoms with Crippen LogP contribution in [-0.4, -0.2) is 31.5 Å². The highest BCUT2D eigenvalue weighted by molar-refractivity contribution is 6.38. The van der Waals surface area contributed by atoms with Crippen molar-refractivity contribution < 1.29 is 19.8 Å². The number of nitrogens with one attached hydrogen (secondary N) is 1. The third-order valence-corrected chi connectivity index (χ3v) is 5.93. The summed E-state index contributed by atoms with van der Waals surface area (Å²) in [5, 5.41) is 18.5. The van der Waals surface area contributed by atoms with Gasteiger partial charge in [-0.05, 0) is 36.3 Å². The Morgan fingerprint density at radius 3 is 2.22 bits per heavy atom. The molecule has 8 heteroatoms. The molecule has 1 aromatic heterocycles. The molecule has 36 heavy (non-hydrogen) atoms. The van der Waals surface area contributed by atoms with Crippen LogP contribution in [0.3, 0.4) is 0 Å². The third kappa shape index (κ3) is 6.69. The van der Waals surface area contributed by atoms with E-state index in [0.29, 0.717) is 48.7 Å². The van der Waals surface area contributed by atoms with Crippen LogP contribution in [0.15, 0.2) is 70.3 Å². The second-order valence-corrected chi connectivity index (χ2v) is 8.95. The fraction of sp³-hybridized carbons (Fsp3) is 0.286. The minimum Gasteiger partial charge on any atom is -0.507 e. The molecule has 0 fully saturated rings. The Balaban J connectivity index is 1.65. The minimum absolute atomic E-state index is 0.0333. The number of aliphatic carboxylic acids is 1. The lowest BCUT2D eigenvalue weighted by Crippen LogP contribution is -2.39. The Kier molecular flexibility index (Phi) is 8.78. The van der Waals surface area contributed by atoms with Gasteiger partial charge in [-0.1, -0.05) is 68.4 Å². The van der Waals surface area contributed by atoms with Crippen molar-refractivity contribution in [2.75, 3.05) is 0 Å². The molecule has 188 valence electrons. The summed E-state index contributed by atoms with van der Waals surface area (Å²) in [4.78, 5) is 50.6. The Labute approximate surface area is 208 Å². The van der Waals surface area contributed by atoms with E-state index in [1.807, 2.05) is 44.2 Å². The van der Waals surface area contributed by atoms with Crippen LogP contribution in [0.1, 0.15) is 60.6 Å². The summed E-state index contributed by atoms with van der Waals surface area (Å²) in [6.07, 6.45) is 3.20. The normalized spacial score (nSPS) is 11.6. The maximum Gasteiger partial charge on any atom is 0.376 e. The van der Waals surface area contributed by atoms with Gasteiger partial charge < -0.3 is 15.2 Å². The third-order valence-electron chi connectivity index (χ3n) is 5.93. The second kappa shape index (κ2) is 12.0. The Morgan fingerprint density at radius 2 is 1.61 bits per heavy atom.